The first kappa shape index (κ1) is 24.5. The maximum Gasteiger partial charge on any atom is 0.344 e. The van der Waals surface area contributed by atoms with Gasteiger partial charge in [0.25, 0.3) is 0 Å². The smallest absolute Gasteiger partial charge is 0.344 e. The summed E-state index contributed by atoms with van der Waals surface area (Å²) in [5.74, 6) is -0.120. The lowest BCUT2D eigenvalue weighted by molar-refractivity contribution is -0.163. The molecule has 37 heavy (non-hydrogen) atoms. The topological polar surface area (TPSA) is 74.7 Å². The molecule has 0 radical (unpaired) electrons. The Morgan fingerprint density at radius 2 is 1.57 bits per heavy atom. The minimum Gasteiger partial charge on any atom is -0.487 e. The number of pyridine rings is 1. The summed E-state index contributed by atoms with van der Waals surface area (Å²) in [5, 5.41) is 1.09. The van der Waals surface area contributed by atoms with Crippen LogP contribution in [0.4, 0.5) is 0 Å². The largest absolute Gasteiger partial charge is 0.487 e. The predicted molar refractivity (Wildman–Crippen MR) is 140 cm³/mol. The molecule has 1 fully saturated rings. The summed E-state index contributed by atoms with van der Waals surface area (Å²) in [5.41, 5.74) is 2.66. The fourth-order valence-electron chi connectivity index (χ4n) is 4.48. The SMILES string of the molecule is CC(C(=O)OCC(=O)OCc1ccccc1)(c1ccc(OCc2ccc3ccccc3n2)cc1)C1CC1. The number of ether oxygens (including phenoxy) is 3. The fourth-order valence-corrected chi connectivity index (χ4v) is 4.48. The van der Waals surface area contributed by atoms with Gasteiger partial charge in [-0.25, -0.2) is 9.78 Å². The number of esters is 2. The minimum atomic E-state index is -0.835. The van der Waals surface area contributed by atoms with E-state index in [4.69, 9.17) is 14.2 Å². The van der Waals surface area contributed by atoms with Crippen molar-refractivity contribution in [1.82, 2.24) is 4.98 Å². The molecule has 0 spiro atoms. The van der Waals surface area contributed by atoms with Gasteiger partial charge in [0.2, 0.25) is 0 Å². The van der Waals surface area contributed by atoms with E-state index in [1.54, 1.807) is 0 Å². The zero-order valence-electron chi connectivity index (χ0n) is 20.8. The number of carbonyl (C=O) groups is 2. The molecule has 1 aliphatic rings. The van der Waals surface area contributed by atoms with Crippen LogP contribution in [0, 0.1) is 5.92 Å². The van der Waals surface area contributed by atoms with Crippen LogP contribution in [0.2, 0.25) is 0 Å². The summed E-state index contributed by atoms with van der Waals surface area (Å²) < 4.78 is 16.6. The van der Waals surface area contributed by atoms with E-state index < -0.39 is 24.0 Å². The van der Waals surface area contributed by atoms with Crippen LogP contribution in [0.15, 0.2) is 91.0 Å². The average molecular weight is 496 g/mol. The quantitative estimate of drug-likeness (QED) is 0.260. The summed E-state index contributed by atoms with van der Waals surface area (Å²) in [6.45, 7) is 1.97. The van der Waals surface area contributed by atoms with Crippen molar-refractivity contribution in [2.75, 3.05) is 6.61 Å². The van der Waals surface area contributed by atoms with Crippen molar-refractivity contribution in [2.24, 2.45) is 5.92 Å². The van der Waals surface area contributed by atoms with Crippen molar-refractivity contribution < 1.29 is 23.8 Å². The third-order valence-electron chi connectivity index (χ3n) is 6.88. The Kier molecular flexibility index (Phi) is 7.17. The summed E-state index contributed by atoms with van der Waals surface area (Å²) in [6, 6.07) is 28.9. The van der Waals surface area contributed by atoms with Gasteiger partial charge in [0.05, 0.1) is 16.6 Å². The summed E-state index contributed by atoms with van der Waals surface area (Å²) >= 11 is 0. The molecule has 5 rings (SSSR count). The molecule has 1 saturated carbocycles. The van der Waals surface area contributed by atoms with Crippen molar-refractivity contribution in [2.45, 2.75) is 38.4 Å². The van der Waals surface area contributed by atoms with Crippen LogP contribution in [-0.4, -0.2) is 23.5 Å². The van der Waals surface area contributed by atoms with Crippen molar-refractivity contribution in [3.05, 3.63) is 108 Å². The number of carbonyl (C=O) groups excluding carboxylic acids is 2. The zero-order valence-corrected chi connectivity index (χ0v) is 20.8. The van der Waals surface area contributed by atoms with Crippen molar-refractivity contribution in [1.29, 1.82) is 0 Å². The van der Waals surface area contributed by atoms with Gasteiger partial charge in [-0.2, -0.15) is 0 Å². The monoisotopic (exact) mass is 495 g/mol. The molecule has 1 heterocycles. The molecule has 1 atom stereocenters. The van der Waals surface area contributed by atoms with E-state index in [-0.39, 0.29) is 12.5 Å². The van der Waals surface area contributed by atoms with E-state index in [2.05, 4.69) is 4.98 Å². The fraction of sp³-hybridized carbons (Fsp3) is 0.258. The second-order valence-corrected chi connectivity index (χ2v) is 9.51. The van der Waals surface area contributed by atoms with Gasteiger partial charge in [-0.3, -0.25) is 4.79 Å². The Bertz CT molecular complexity index is 1380. The maximum atomic E-state index is 13.2. The maximum absolute atomic E-state index is 13.2. The molecule has 0 bridgehead atoms. The molecule has 0 aliphatic heterocycles. The second-order valence-electron chi connectivity index (χ2n) is 9.51. The van der Waals surface area contributed by atoms with E-state index in [9.17, 15) is 9.59 Å². The van der Waals surface area contributed by atoms with E-state index in [0.29, 0.717) is 12.4 Å². The Morgan fingerprint density at radius 3 is 2.32 bits per heavy atom. The number of hydrogen-bond donors (Lipinski definition) is 0. The first-order chi connectivity index (χ1) is 18.0. The van der Waals surface area contributed by atoms with Gasteiger partial charge in [0.15, 0.2) is 6.61 Å². The van der Waals surface area contributed by atoms with Crippen molar-refractivity contribution in [3.63, 3.8) is 0 Å². The Balaban J connectivity index is 1.18. The van der Waals surface area contributed by atoms with E-state index >= 15 is 0 Å². The molecule has 4 aromatic rings. The minimum absolute atomic E-state index is 0.146. The van der Waals surface area contributed by atoms with Gasteiger partial charge in [-0.05, 0) is 61.1 Å². The molecule has 3 aromatic carbocycles. The van der Waals surface area contributed by atoms with Gasteiger partial charge < -0.3 is 14.2 Å². The molecule has 0 N–H and O–H groups in total. The number of benzene rings is 3. The molecule has 1 unspecified atom stereocenters. The molecule has 6 nitrogen and oxygen atoms in total. The molecule has 188 valence electrons. The number of aromatic nitrogens is 1. The lowest BCUT2D eigenvalue weighted by Crippen LogP contribution is -2.37. The highest BCUT2D eigenvalue weighted by Gasteiger charge is 2.49. The number of hydrogen-bond acceptors (Lipinski definition) is 6. The molecule has 0 saturated heterocycles. The molecular formula is C31H29NO5. The van der Waals surface area contributed by atoms with Crippen LogP contribution in [0.25, 0.3) is 10.9 Å². The van der Waals surface area contributed by atoms with Crippen LogP contribution >= 0.6 is 0 Å². The normalized spacial score (nSPS) is 14.5. The van der Waals surface area contributed by atoms with Crippen LogP contribution in [0.5, 0.6) is 5.75 Å². The van der Waals surface area contributed by atoms with Gasteiger partial charge in [0, 0.05) is 5.39 Å². The first-order valence-corrected chi connectivity index (χ1v) is 12.5. The standard InChI is InChI=1S/C31H29NO5/c1-31(24-12-13-24,30(34)37-21-29(33)36-19-22-7-3-2-4-8-22)25-14-17-27(18-15-25)35-20-26-16-11-23-9-5-6-10-28(23)32-26/h2-11,14-18,24H,12-13,19-21H2,1H3. The molecule has 6 heteroatoms. The predicted octanol–water partition coefficient (Wildman–Crippen LogP) is 5.77. The van der Waals surface area contributed by atoms with Gasteiger partial charge in [-0.1, -0.05) is 66.7 Å². The lowest BCUT2D eigenvalue weighted by atomic mass is 9.78. The summed E-state index contributed by atoms with van der Waals surface area (Å²) in [6.07, 6.45) is 1.88. The number of nitrogens with zero attached hydrogens (tertiary/aromatic N) is 1. The van der Waals surface area contributed by atoms with Gasteiger partial charge in [0.1, 0.15) is 19.0 Å². The van der Waals surface area contributed by atoms with E-state index in [1.807, 2.05) is 97.9 Å². The Labute approximate surface area is 216 Å². The van der Waals surface area contributed by atoms with Crippen LogP contribution < -0.4 is 4.74 Å². The summed E-state index contributed by atoms with van der Waals surface area (Å²) in [7, 11) is 0. The van der Waals surface area contributed by atoms with Gasteiger partial charge in [-0.15, -0.1) is 0 Å². The number of para-hydroxylation sites is 1. The molecule has 1 aliphatic carbocycles. The highest BCUT2D eigenvalue weighted by atomic mass is 16.6. The third-order valence-corrected chi connectivity index (χ3v) is 6.88. The summed E-state index contributed by atoms with van der Waals surface area (Å²) in [4.78, 5) is 30.0. The lowest BCUT2D eigenvalue weighted by Gasteiger charge is -2.28. The third kappa shape index (κ3) is 5.80. The van der Waals surface area contributed by atoms with E-state index in [0.717, 1.165) is 40.6 Å². The first-order valence-electron chi connectivity index (χ1n) is 12.5. The van der Waals surface area contributed by atoms with E-state index in [1.165, 1.54) is 0 Å². The van der Waals surface area contributed by atoms with Gasteiger partial charge >= 0.3 is 11.9 Å². The molecule has 0 amide bonds. The number of fused-ring (bicyclic) bond motifs is 1. The van der Waals surface area contributed by atoms with Crippen LogP contribution in [0.1, 0.15) is 36.6 Å². The Morgan fingerprint density at radius 1 is 0.838 bits per heavy atom. The van der Waals surface area contributed by atoms with Crippen molar-refractivity contribution in [3.8, 4) is 5.75 Å². The second kappa shape index (κ2) is 10.8. The van der Waals surface area contributed by atoms with Crippen LogP contribution in [0.3, 0.4) is 0 Å². The average Bonchev–Trinajstić information content (AvgIpc) is 3.80. The molecular weight excluding hydrogens is 466 g/mol. The Hall–Kier alpha value is -4.19. The van der Waals surface area contributed by atoms with Crippen molar-refractivity contribution >= 4 is 22.8 Å². The zero-order chi connectivity index (χ0) is 25.7. The number of rotatable bonds is 10. The van der Waals surface area contributed by atoms with Crippen LogP contribution in [-0.2, 0) is 37.7 Å². The highest BCUT2D eigenvalue weighted by Crippen LogP contribution is 2.48. The molecule has 1 aromatic heterocycles. The highest BCUT2D eigenvalue weighted by molar-refractivity contribution is 5.85.